The molecule has 0 heterocycles. The van der Waals surface area contributed by atoms with Gasteiger partial charge in [-0.3, -0.25) is 9.13 Å². The van der Waals surface area contributed by atoms with E-state index in [1.807, 2.05) is 0 Å². The maximum Gasteiger partial charge on any atom is 1.00 e. The summed E-state index contributed by atoms with van der Waals surface area (Å²) in [6.45, 7) is -0.0233. The SMILES string of the molecule is C.NC(CO)(CO)CO.O=P(O)(NCCCl)NCCCl.O=P(O)(NCCCl)NCCCl.[H-].[K+]. The molecule has 0 aliphatic carbocycles. The summed E-state index contributed by atoms with van der Waals surface area (Å²) in [5.41, 5.74) is 3.94. The molecular weight excluding hydrogens is 581 g/mol. The number of rotatable bonds is 15. The Morgan fingerprint density at radius 3 is 0.969 bits per heavy atom. The smallest absolute Gasteiger partial charge is 1.00 e. The number of aliphatic hydroxyl groups is 3. The minimum Gasteiger partial charge on any atom is -1.00 e. The van der Waals surface area contributed by atoms with Crippen LogP contribution in [0.5, 0.6) is 0 Å². The van der Waals surface area contributed by atoms with Crippen LogP contribution in [0.3, 0.4) is 0 Å². The summed E-state index contributed by atoms with van der Waals surface area (Å²) in [5, 5.41) is 34.4. The second-order valence-electron chi connectivity index (χ2n) is 5.38. The van der Waals surface area contributed by atoms with Crippen LogP contribution in [0.4, 0.5) is 0 Å². The fourth-order valence-electron chi connectivity index (χ4n) is 1.04. The molecule has 0 unspecified atom stereocenters. The van der Waals surface area contributed by atoms with Crippen molar-refractivity contribution in [2.24, 2.45) is 5.73 Å². The van der Waals surface area contributed by atoms with Crippen LogP contribution in [-0.2, 0) is 9.13 Å². The van der Waals surface area contributed by atoms with Gasteiger partial charge >= 0.3 is 66.7 Å². The predicted molar refractivity (Wildman–Crippen MR) is 131 cm³/mol. The van der Waals surface area contributed by atoms with Gasteiger partial charge in [-0.2, -0.15) is 0 Å². The molecule has 12 nitrogen and oxygen atoms in total. The van der Waals surface area contributed by atoms with E-state index in [0.29, 0.717) is 49.7 Å². The van der Waals surface area contributed by atoms with Crippen molar-refractivity contribution in [2.45, 2.75) is 13.0 Å². The second-order valence-corrected chi connectivity index (χ2v) is 10.5. The number of nitrogens with two attached hydrogens (primary N) is 1. The molecule has 0 aliphatic rings. The molecule has 0 aromatic rings. The van der Waals surface area contributed by atoms with Gasteiger partial charge < -0.3 is 32.3 Å². The minimum absolute atomic E-state index is 0. The van der Waals surface area contributed by atoms with Crippen molar-refractivity contribution in [3.8, 4) is 0 Å². The summed E-state index contributed by atoms with van der Waals surface area (Å²) in [6, 6.07) is 0. The number of alkyl halides is 4. The summed E-state index contributed by atoms with van der Waals surface area (Å²) in [7, 11) is -6.79. The van der Waals surface area contributed by atoms with Gasteiger partial charge in [-0.1, -0.05) is 7.43 Å². The standard InChI is InChI=1S/2C4H11Cl2N2O2P.C4H11NO3.CH4.K.H/c2*5-1-3-7-11(9,10)8-4-2-6;5-4(1-6,2-7)3-8;;;/h2*1-4H2,(H3,7,8,9,10);6-8H,1-3,5H2;1H4;;/q;;;;+1;-1. The Balaban J connectivity index is -0.0000000803. The van der Waals surface area contributed by atoms with Crippen molar-refractivity contribution in [2.75, 3.05) is 69.5 Å². The van der Waals surface area contributed by atoms with E-state index in [2.05, 4.69) is 20.3 Å². The van der Waals surface area contributed by atoms with Crippen LogP contribution in [0.2, 0.25) is 0 Å². The number of hydrogen-bond acceptors (Lipinski definition) is 6. The minimum atomic E-state index is -3.39. The Hall–Kier alpha value is 2.86. The molecule has 0 saturated heterocycles. The van der Waals surface area contributed by atoms with E-state index in [9.17, 15) is 9.13 Å². The van der Waals surface area contributed by atoms with Gasteiger partial charge in [-0.25, -0.2) is 20.3 Å². The molecule has 0 aliphatic heterocycles. The van der Waals surface area contributed by atoms with E-state index < -0.39 is 40.7 Å². The first kappa shape index (κ1) is 44.8. The Kier molecular flexibility index (Phi) is 39.8. The summed E-state index contributed by atoms with van der Waals surface area (Å²) >= 11 is 21.2. The van der Waals surface area contributed by atoms with Gasteiger partial charge in [0.15, 0.2) is 0 Å². The van der Waals surface area contributed by atoms with Crippen LogP contribution in [0.25, 0.3) is 0 Å². The average Bonchev–Trinajstić information content (AvgIpc) is 2.74. The summed E-state index contributed by atoms with van der Waals surface area (Å²) in [5.74, 6) is 1.19. The topological polar surface area (TPSA) is 209 Å². The van der Waals surface area contributed by atoms with Crippen molar-refractivity contribution in [1.29, 1.82) is 0 Å². The summed E-state index contributed by atoms with van der Waals surface area (Å²) in [6.07, 6.45) is 0. The van der Waals surface area contributed by atoms with Crippen LogP contribution in [0, 0.1) is 0 Å². The normalized spacial score (nSPS) is 11.2. The molecule has 0 spiro atoms. The van der Waals surface area contributed by atoms with E-state index >= 15 is 0 Å². The number of hydrogen-bond donors (Lipinski definition) is 10. The fourth-order valence-corrected chi connectivity index (χ4v) is 3.83. The maximum atomic E-state index is 10.9. The first-order chi connectivity index (χ1) is 13.9. The number of halogens is 4. The third kappa shape index (κ3) is 32.9. The van der Waals surface area contributed by atoms with Gasteiger partial charge in [0, 0.05) is 49.7 Å². The van der Waals surface area contributed by atoms with E-state index in [1.165, 1.54) is 0 Å². The van der Waals surface area contributed by atoms with Gasteiger partial charge in [0.25, 0.3) is 0 Å². The molecule has 0 rings (SSSR count). The zero-order valence-corrected chi connectivity index (χ0v) is 25.3. The van der Waals surface area contributed by atoms with Crippen molar-refractivity contribution in [3.63, 3.8) is 0 Å². The first-order valence-electron chi connectivity index (χ1n) is 8.44. The second kappa shape index (κ2) is 28.4. The molecule has 32 heavy (non-hydrogen) atoms. The van der Waals surface area contributed by atoms with Gasteiger partial charge in [-0.15, -0.1) is 46.4 Å². The van der Waals surface area contributed by atoms with Crippen LogP contribution in [-0.4, -0.2) is 100 Å². The Labute approximate surface area is 254 Å². The molecule has 0 amide bonds. The van der Waals surface area contributed by atoms with Gasteiger partial charge in [0.05, 0.1) is 25.4 Å². The number of nitrogens with one attached hydrogen (secondary N) is 4. The first-order valence-corrected chi connectivity index (χ1v) is 13.9. The third-order valence-corrected chi connectivity index (χ3v) is 5.99. The number of aliphatic hydroxyl groups excluding tert-OH is 3. The van der Waals surface area contributed by atoms with Crippen molar-refractivity contribution >= 4 is 61.7 Å². The van der Waals surface area contributed by atoms with E-state index in [-0.39, 0.29) is 60.2 Å². The maximum absolute atomic E-state index is 10.9. The quantitative estimate of drug-likeness (QED) is 0.0503. The fraction of sp³-hybridized carbons (Fsp3) is 1.00. The van der Waals surface area contributed by atoms with Crippen molar-refractivity contribution < 1.29 is 87.0 Å². The average molecular weight is 619 g/mol. The third-order valence-electron chi connectivity index (χ3n) is 2.63. The predicted octanol–water partition coefficient (Wildman–Crippen LogP) is -3.10. The van der Waals surface area contributed by atoms with Crippen molar-refractivity contribution in [1.82, 2.24) is 20.3 Å². The van der Waals surface area contributed by atoms with Gasteiger partial charge in [0.2, 0.25) is 0 Å². The molecule has 0 saturated carbocycles. The Morgan fingerprint density at radius 1 is 0.688 bits per heavy atom. The zero-order valence-electron chi connectivity index (χ0n) is 18.3. The Bertz CT molecular complexity index is 434. The van der Waals surface area contributed by atoms with Crippen LogP contribution >= 0.6 is 61.7 Å². The molecule has 0 aromatic carbocycles. The van der Waals surface area contributed by atoms with Gasteiger partial charge in [0.1, 0.15) is 0 Å². The zero-order chi connectivity index (χ0) is 24.1. The van der Waals surface area contributed by atoms with E-state index in [0.717, 1.165) is 0 Å². The van der Waals surface area contributed by atoms with E-state index in [1.54, 1.807) is 0 Å². The van der Waals surface area contributed by atoms with Crippen LogP contribution in [0.15, 0.2) is 0 Å². The summed E-state index contributed by atoms with van der Waals surface area (Å²) in [4.78, 5) is 18.0. The Morgan fingerprint density at radius 2 is 0.875 bits per heavy atom. The molecule has 19 heteroatoms. The van der Waals surface area contributed by atoms with Crippen LogP contribution < -0.4 is 77.5 Å². The molecule has 11 N–H and O–H groups in total. The molecule has 0 bridgehead atoms. The molecule has 0 fully saturated rings. The van der Waals surface area contributed by atoms with Crippen molar-refractivity contribution in [3.05, 3.63) is 0 Å². The largest absolute Gasteiger partial charge is 1.00 e. The monoisotopic (exact) mass is 617 g/mol. The molecular formula is C13H38Cl4KN5O7P2. The molecule has 0 aromatic heterocycles. The van der Waals surface area contributed by atoms with E-state index in [4.69, 9.17) is 77.2 Å². The van der Waals surface area contributed by atoms with Gasteiger partial charge in [-0.05, 0) is 0 Å². The molecule has 0 atom stereocenters. The van der Waals surface area contributed by atoms with Crippen LogP contribution in [0.1, 0.15) is 8.85 Å². The summed E-state index contributed by atoms with van der Waals surface area (Å²) < 4.78 is 21.9. The molecule has 0 radical (unpaired) electrons. The molecule has 196 valence electrons.